The van der Waals surface area contributed by atoms with Crippen molar-refractivity contribution < 1.29 is 5.11 Å². The molecule has 2 nitrogen and oxygen atoms in total. The Morgan fingerprint density at radius 1 is 1.15 bits per heavy atom. The fraction of sp³-hybridized carbons (Fsp3) is 0.542. The van der Waals surface area contributed by atoms with Crippen molar-refractivity contribution in [1.29, 1.82) is 0 Å². The summed E-state index contributed by atoms with van der Waals surface area (Å²) in [5.41, 5.74) is 4.76. The van der Waals surface area contributed by atoms with E-state index in [9.17, 15) is 5.11 Å². The van der Waals surface area contributed by atoms with Crippen LogP contribution in [0.5, 0.6) is 0 Å². The molecule has 2 heteroatoms. The SMILES string of the molecule is C[C@]12C=C[C@H](O)CC1=CC[C@@H]1[C@@H]2CC[C@]2(C)C(c3cccnc3)=CC[C@@H]12. The molecule has 26 heavy (non-hydrogen) atoms. The zero-order valence-corrected chi connectivity index (χ0v) is 15.9. The first-order chi connectivity index (χ1) is 12.5. The number of hydrogen-bond acceptors (Lipinski definition) is 2. The second-order valence-electron chi connectivity index (χ2n) is 9.31. The highest BCUT2D eigenvalue weighted by Crippen LogP contribution is 2.65. The van der Waals surface area contributed by atoms with Crippen molar-refractivity contribution in [2.45, 2.75) is 52.1 Å². The Hall–Kier alpha value is -1.67. The average molecular weight is 348 g/mol. The molecule has 0 aromatic carbocycles. The van der Waals surface area contributed by atoms with Crippen LogP contribution in [0.25, 0.3) is 5.57 Å². The third kappa shape index (κ3) is 2.18. The van der Waals surface area contributed by atoms with E-state index < -0.39 is 0 Å². The minimum absolute atomic E-state index is 0.153. The molecule has 5 rings (SSSR count). The van der Waals surface area contributed by atoms with Crippen LogP contribution < -0.4 is 0 Å². The Kier molecular flexibility index (Phi) is 3.59. The van der Waals surface area contributed by atoms with E-state index in [1.165, 1.54) is 42.4 Å². The normalized spacial score (nSPS) is 43.8. The van der Waals surface area contributed by atoms with Gasteiger partial charge in [-0.05, 0) is 72.5 Å². The van der Waals surface area contributed by atoms with Crippen molar-refractivity contribution in [3.8, 4) is 0 Å². The molecule has 4 aliphatic carbocycles. The van der Waals surface area contributed by atoms with Gasteiger partial charge in [-0.25, -0.2) is 0 Å². The smallest absolute Gasteiger partial charge is 0.0758 e. The molecule has 1 fully saturated rings. The summed E-state index contributed by atoms with van der Waals surface area (Å²) >= 11 is 0. The second-order valence-corrected chi connectivity index (χ2v) is 9.31. The second kappa shape index (κ2) is 5.66. The Bertz CT molecular complexity index is 807. The largest absolute Gasteiger partial charge is 0.389 e. The molecule has 0 aliphatic heterocycles. The lowest BCUT2D eigenvalue weighted by molar-refractivity contribution is 0.0127. The molecule has 1 N–H and O–H groups in total. The van der Waals surface area contributed by atoms with Gasteiger partial charge in [0, 0.05) is 17.8 Å². The van der Waals surface area contributed by atoms with Gasteiger partial charge in [-0.3, -0.25) is 4.98 Å². The van der Waals surface area contributed by atoms with E-state index in [1.807, 2.05) is 18.5 Å². The molecule has 1 aromatic rings. The van der Waals surface area contributed by atoms with Crippen LogP contribution in [0.15, 0.2) is 54.4 Å². The van der Waals surface area contributed by atoms with Crippen LogP contribution in [-0.2, 0) is 0 Å². The molecular formula is C24H29NO. The van der Waals surface area contributed by atoms with Crippen molar-refractivity contribution in [3.63, 3.8) is 0 Å². The van der Waals surface area contributed by atoms with Crippen LogP contribution >= 0.6 is 0 Å². The minimum Gasteiger partial charge on any atom is -0.389 e. The predicted octanol–water partition coefficient (Wildman–Crippen LogP) is 5.17. The molecule has 0 bridgehead atoms. The molecule has 1 saturated carbocycles. The summed E-state index contributed by atoms with van der Waals surface area (Å²) < 4.78 is 0. The van der Waals surface area contributed by atoms with Gasteiger partial charge in [0.1, 0.15) is 0 Å². The van der Waals surface area contributed by atoms with Crippen molar-refractivity contribution in [1.82, 2.24) is 4.98 Å². The van der Waals surface area contributed by atoms with Gasteiger partial charge in [0.05, 0.1) is 6.10 Å². The Morgan fingerprint density at radius 3 is 2.85 bits per heavy atom. The highest BCUT2D eigenvalue weighted by molar-refractivity contribution is 5.72. The summed E-state index contributed by atoms with van der Waals surface area (Å²) in [5, 5.41) is 10.1. The van der Waals surface area contributed by atoms with E-state index in [0.717, 1.165) is 18.3 Å². The van der Waals surface area contributed by atoms with Crippen LogP contribution in [0.2, 0.25) is 0 Å². The molecule has 136 valence electrons. The topological polar surface area (TPSA) is 33.1 Å². The number of fused-ring (bicyclic) bond motifs is 5. The number of aromatic nitrogens is 1. The third-order valence-electron chi connectivity index (χ3n) is 8.18. The van der Waals surface area contributed by atoms with E-state index in [4.69, 9.17) is 0 Å². The maximum Gasteiger partial charge on any atom is 0.0758 e. The van der Waals surface area contributed by atoms with E-state index in [1.54, 1.807) is 0 Å². The highest BCUT2D eigenvalue weighted by atomic mass is 16.3. The van der Waals surface area contributed by atoms with E-state index in [2.05, 4.69) is 49.2 Å². The first-order valence-electron chi connectivity index (χ1n) is 10.2. The number of aliphatic hydroxyl groups excluding tert-OH is 1. The standard InChI is InChI=1S/C24H29NO/c1-23-11-9-18(26)14-17(23)5-6-19-21-8-7-20(16-4-3-13-25-15-16)24(21,2)12-10-22(19)23/h3-5,7,9,11,13,15,18-19,21-22,26H,6,8,10,12,14H2,1-2H3/t18-,19-,21-,22-,23-,24+/m0/s1. The molecular weight excluding hydrogens is 318 g/mol. The van der Waals surface area contributed by atoms with Crippen molar-refractivity contribution in [2.24, 2.45) is 28.6 Å². The summed E-state index contributed by atoms with van der Waals surface area (Å²) in [6.45, 7) is 4.92. The predicted molar refractivity (Wildman–Crippen MR) is 105 cm³/mol. The molecule has 1 aromatic heterocycles. The monoisotopic (exact) mass is 347 g/mol. The zero-order chi connectivity index (χ0) is 17.9. The molecule has 0 unspecified atom stereocenters. The number of pyridine rings is 1. The molecule has 4 aliphatic rings. The third-order valence-corrected chi connectivity index (χ3v) is 8.18. The summed E-state index contributed by atoms with van der Waals surface area (Å²) in [7, 11) is 0. The maximum absolute atomic E-state index is 10.1. The summed E-state index contributed by atoms with van der Waals surface area (Å²) in [6.07, 6.45) is 18.7. The van der Waals surface area contributed by atoms with Crippen molar-refractivity contribution >= 4 is 5.57 Å². The van der Waals surface area contributed by atoms with Crippen LogP contribution in [-0.4, -0.2) is 16.2 Å². The number of rotatable bonds is 1. The fourth-order valence-electron chi connectivity index (χ4n) is 6.77. The molecule has 6 atom stereocenters. The minimum atomic E-state index is -0.287. The molecule has 0 saturated heterocycles. The fourth-order valence-corrected chi connectivity index (χ4v) is 6.77. The van der Waals surface area contributed by atoms with E-state index in [0.29, 0.717) is 5.92 Å². The lowest BCUT2D eigenvalue weighted by atomic mass is 9.48. The number of hydrogen-bond donors (Lipinski definition) is 1. The van der Waals surface area contributed by atoms with E-state index in [-0.39, 0.29) is 16.9 Å². The quantitative estimate of drug-likeness (QED) is 0.711. The number of aliphatic hydroxyl groups is 1. The van der Waals surface area contributed by atoms with Crippen LogP contribution in [0.1, 0.15) is 51.5 Å². The summed E-state index contributed by atoms with van der Waals surface area (Å²) in [5.74, 6) is 2.19. The highest BCUT2D eigenvalue weighted by Gasteiger charge is 2.56. The lowest BCUT2D eigenvalue weighted by Crippen LogP contribution is -2.48. The van der Waals surface area contributed by atoms with Crippen molar-refractivity contribution in [3.05, 3.63) is 60.0 Å². The lowest BCUT2D eigenvalue weighted by Gasteiger charge is -2.56. The number of nitrogens with zero attached hydrogens (tertiary/aromatic N) is 1. The van der Waals surface area contributed by atoms with Crippen LogP contribution in [0.3, 0.4) is 0 Å². The van der Waals surface area contributed by atoms with Gasteiger partial charge in [-0.2, -0.15) is 0 Å². The molecule has 0 radical (unpaired) electrons. The first kappa shape index (κ1) is 16.5. The van der Waals surface area contributed by atoms with E-state index >= 15 is 0 Å². The Labute approximate surface area is 156 Å². The molecule has 1 heterocycles. The Balaban J connectivity index is 1.49. The van der Waals surface area contributed by atoms with Gasteiger partial charge < -0.3 is 5.11 Å². The molecule has 0 amide bonds. The summed E-state index contributed by atoms with van der Waals surface area (Å²) in [4.78, 5) is 4.37. The van der Waals surface area contributed by atoms with Gasteiger partial charge in [0.2, 0.25) is 0 Å². The van der Waals surface area contributed by atoms with Gasteiger partial charge in [0.15, 0.2) is 0 Å². The van der Waals surface area contributed by atoms with Gasteiger partial charge in [0.25, 0.3) is 0 Å². The van der Waals surface area contributed by atoms with Crippen LogP contribution in [0.4, 0.5) is 0 Å². The van der Waals surface area contributed by atoms with Gasteiger partial charge >= 0.3 is 0 Å². The average Bonchev–Trinajstić information content (AvgIpc) is 3.00. The van der Waals surface area contributed by atoms with Gasteiger partial charge in [-0.1, -0.05) is 49.8 Å². The number of allylic oxidation sites excluding steroid dienone is 4. The maximum atomic E-state index is 10.1. The van der Waals surface area contributed by atoms with Crippen LogP contribution in [0, 0.1) is 28.6 Å². The Morgan fingerprint density at radius 2 is 2.04 bits per heavy atom. The molecule has 0 spiro atoms. The first-order valence-corrected chi connectivity index (χ1v) is 10.2. The zero-order valence-electron chi connectivity index (χ0n) is 15.9. The van der Waals surface area contributed by atoms with Gasteiger partial charge in [-0.15, -0.1) is 0 Å². The summed E-state index contributed by atoms with van der Waals surface area (Å²) in [6, 6.07) is 4.29. The van der Waals surface area contributed by atoms with Crippen molar-refractivity contribution in [2.75, 3.05) is 0 Å².